The molecule has 0 aromatic heterocycles. The van der Waals surface area contributed by atoms with E-state index in [0.717, 1.165) is 38.6 Å². The molecule has 0 saturated carbocycles. The fraction of sp³-hybridized carbons (Fsp3) is 0.600. The van der Waals surface area contributed by atoms with Crippen molar-refractivity contribution in [2.24, 2.45) is 11.7 Å². The van der Waals surface area contributed by atoms with Crippen LogP contribution in [0.4, 0.5) is 0 Å². The summed E-state index contributed by atoms with van der Waals surface area (Å²) in [7, 11) is 0. The van der Waals surface area contributed by atoms with E-state index >= 15 is 0 Å². The number of nitrogens with two attached hydrogens (primary N) is 1. The highest BCUT2D eigenvalue weighted by Crippen LogP contribution is 2.24. The van der Waals surface area contributed by atoms with Crippen LogP contribution in [-0.2, 0) is 16.0 Å². The Morgan fingerprint density at radius 3 is 2.58 bits per heavy atom. The molecule has 0 aliphatic carbocycles. The molecular weight excluding hydrogens is 350 g/mol. The Bertz CT molecular complexity index is 565. The van der Waals surface area contributed by atoms with Gasteiger partial charge < -0.3 is 16.0 Å². The monoisotopic (exact) mass is 381 g/mol. The zero-order valence-electron chi connectivity index (χ0n) is 15.8. The number of benzene rings is 1. The van der Waals surface area contributed by atoms with E-state index < -0.39 is 6.04 Å². The second kappa shape index (κ2) is 11.2. The van der Waals surface area contributed by atoms with E-state index in [1.54, 1.807) is 0 Å². The summed E-state index contributed by atoms with van der Waals surface area (Å²) in [6, 6.07) is 10.3. The molecule has 0 unspecified atom stereocenters. The van der Waals surface area contributed by atoms with Crippen LogP contribution in [0.5, 0.6) is 0 Å². The number of likely N-dealkylation sites (tertiary alicyclic amines) is 1. The van der Waals surface area contributed by atoms with Gasteiger partial charge in [0.25, 0.3) is 0 Å². The third-order valence-corrected chi connectivity index (χ3v) is 4.94. The number of nitrogens with zero attached hydrogens (tertiary/aromatic N) is 1. The van der Waals surface area contributed by atoms with Crippen molar-refractivity contribution in [1.29, 1.82) is 0 Å². The highest BCUT2D eigenvalue weighted by molar-refractivity contribution is 5.88. The average Bonchev–Trinajstić information content (AvgIpc) is 3.08. The molecule has 146 valence electrons. The standard InChI is InChI=1S/C20H31N3O2.ClH/c1-15(2)19(22-18(24)14-21)20(25)23-13-7-12-17(23)11-6-10-16-8-4-3-5-9-16;/h3-5,8-9,15,17,19H,6-7,10-14,21H2,1-2H3,(H,22,24);1H/t17-,19+;/m1./s1. The molecule has 1 aromatic rings. The third-order valence-electron chi connectivity index (χ3n) is 4.94. The quantitative estimate of drug-likeness (QED) is 0.726. The van der Waals surface area contributed by atoms with Crippen LogP contribution in [0.2, 0.25) is 0 Å². The van der Waals surface area contributed by atoms with Crippen molar-refractivity contribution in [3.8, 4) is 0 Å². The first-order valence-electron chi connectivity index (χ1n) is 9.36. The molecule has 0 radical (unpaired) electrons. The molecular formula is C20H32ClN3O2. The summed E-state index contributed by atoms with van der Waals surface area (Å²) in [5.74, 6) is -0.181. The van der Waals surface area contributed by atoms with Gasteiger partial charge in [0.2, 0.25) is 11.8 Å². The maximum Gasteiger partial charge on any atom is 0.245 e. The van der Waals surface area contributed by atoms with Crippen molar-refractivity contribution in [2.45, 2.75) is 58.0 Å². The number of aryl methyl sites for hydroxylation is 1. The summed E-state index contributed by atoms with van der Waals surface area (Å²) >= 11 is 0. The van der Waals surface area contributed by atoms with Crippen molar-refractivity contribution < 1.29 is 9.59 Å². The van der Waals surface area contributed by atoms with Gasteiger partial charge in [-0.25, -0.2) is 0 Å². The summed E-state index contributed by atoms with van der Waals surface area (Å²) in [6.07, 6.45) is 5.21. The smallest absolute Gasteiger partial charge is 0.245 e. The number of carbonyl (C=O) groups excluding carboxylic acids is 2. The fourth-order valence-electron chi connectivity index (χ4n) is 3.54. The van der Waals surface area contributed by atoms with Crippen LogP contribution in [0.25, 0.3) is 0 Å². The first kappa shape index (κ1) is 22.5. The van der Waals surface area contributed by atoms with Gasteiger partial charge in [0.1, 0.15) is 6.04 Å². The fourth-order valence-corrected chi connectivity index (χ4v) is 3.54. The molecule has 1 saturated heterocycles. The maximum atomic E-state index is 13.0. The van der Waals surface area contributed by atoms with Gasteiger partial charge in [-0.2, -0.15) is 0 Å². The third kappa shape index (κ3) is 6.29. The van der Waals surface area contributed by atoms with Crippen LogP contribution in [0, 0.1) is 5.92 Å². The second-order valence-corrected chi connectivity index (χ2v) is 7.20. The van der Waals surface area contributed by atoms with E-state index in [2.05, 4.69) is 29.6 Å². The Balaban J connectivity index is 0.00000338. The summed E-state index contributed by atoms with van der Waals surface area (Å²) in [4.78, 5) is 26.6. The summed E-state index contributed by atoms with van der Waals surface area (Å²) in [5.41, 5.74) is 6.73. The maximum absolute atomic E-state index is 13.0. The molecule has 0 spiro atoms. The van der Waals surface area contributed by atoms with E-state index in [1.165, 1.54) is 5.56 Å². The molecule has 1 fully saturated rings. The lowest BCUT2D eigenvalue weighted by atomic mass is 10.00. The van der Waals surface area contributed by atoms with Gasteiger partial charge in [-0.3, -0.25) is 9.59 Å². The lowest BCUT2D eigenvalue weighted by Crippen LogP contribution is -2.53. The zero-order chi connectivity index (χ0) is 18.2. The number of amides is 2. The minimum absolute atomic E-state index is 0. The Labute approximate surface area is 163 Å². The number of hydrogen-bond acceptors (Lipinski definition) is 3. The summed E-state index contributed by atoms with van der Waals surface area (Å²) in [6.45, 7) is 4.62. The lowest BCUT2D eigenvalue weighted by molar-refractivity contribution is -0.138. The van der Waals surface area contributed by atoms with E-state index in [-0.39, 0.29) is 42.7 Å². The Kier molecular flexibility index (Phi) is 9.66. The van der Waals surface area contributed by atoms with Crippen LogP contribution in [0.1, 0.15) is 45.1 Å². The first-order valence-corrected chi connectivity index (χ1v) is 9.36. The van der Waals surface area contributed by atoms with E-state index in [4.69, 9.17) is 5.73 Å². The van der Waals surface area contributed by atoms with E-state index in [1.807, 2.05) is 24.8 Å². The number of rotatable bonds is 8. The molecule has 1 aliphatic rings. The van der Waals surface area contributed by atoms with Crippen LogP contribution >= 0.6 is 12.4 Å². The van der Waals surface area contributed by atoms with Crippen molar-refractivity contribution in [1.82, 2.24) is 10.2 Å². The Morgan fingerprint density at radius 2 is 1.96 bits per heavy atom. The van der Waals surface area contributed by atoms with Gasteiger partial charge in [0.15, 0.2) is 0 Å². The Hall–Kier alpha value is -1.59. The number of halogens is 1. The molecule has 26 heavy (non-hydrogen) atoms. The van der Waals surface area contributed by atoms with Crippen molar-refractivity contribution in [3.05, 3.63) is 35.9 Å². The van der Waals surface area contributed by atoms with Gasteiger partial charge in [0.05, 0.1) is 6.54 Å². The van der Waals surface area contributed by atoms with Gasteiger partial charge in [-0.15, -0.1) is 12.4 Å². The topological polar surface area (TPSA) is 75.4 Å². The minimum atomic E-state index is -0.481. The molecule has 2 rings (SSSR count). The highest BCUT2D eigenvalue weighted by Gasteiger charge is 2.34. The number of carbonyl (C=O) groups is 2. The largest absolute Gasteiger partial charge is 0.343 e. The van der Waals surface area contributed by atoms with E-state index in [9.17, 15) is 9.59 Å². The SMILES string of the molecule is CC(C)[C@H](NC(=O)CN)C(=O)N1CCC[C@H]1CCCc1ccccc1.Cl. The molecule has 2 atom stereocenters. The molecule has 2 amide bonds. The number of nitrogens with one attached hydrogen (secondary N) is 1. The number of hydrogen-bond donors (Lipinski definition) is 2. The van der Waals surface area contributed by atoms with Crippen molar-refractivity contribution >= 4 is 24.2 Å². The molecule has 6 heteroatoms. The predicted octanol–water partition coefficient (Wildman–Crippen LogP) is 2.52. The van der Waals surface area contributed by atoms with Crippen LogP contribution < -0.4 is 11.1 Å². The van der Waals surface area contributed by atoms with Crippen LogP contribution in [0.15, 0.2) is 30.3 Å². The minimum Gasteiger partial charge on any atom is -0.343 e. The van der Waals surface area contributed by atoms with Gasteiger partial charge >= 0.3 is 0 Å². The van der Waals surface area contributed by atoms with Gasteiger partial charge in [0, 0.05) is 12.6 Å². The predicted molar refractivity (Wildman–Crippen MR) is 107 cm³/mol. The van der Waals surface area contributed by atoms with Gasteiger partial charge in [-0.05, 0) is 43.6 Å². The molecule has 1 aromatic carbocycles. The highest BCUT2D eigenvalue weighted by atomic mass is 35.5. The molecule has 3 N–H and O–H groups in total. The molecule has 5 nitrogen and oxygen atoms in total. The molecule has 1 heterocycles. The van der Waals surface area contributed by atoms with Crippen LogP contribution in [-0.4, -0.2) is 41.9 Å². The molecule has 0 bridgehead atoms. The molecule has 1 aliphatic heterocycles. The Morgan fingerprint density at radius 1 is 1.27 bits per heavy atom. The second-order valence-electron chi connectivity index (χ2n) is 7.20. The average molecular weight is 382 g/mol. The zero-order valence-corrected chi connectivity index (χ0v) is 16.6. The van der Waals surface area contributed by atoms with Crippen LogP contribution in [0.3, 0.4) is 0 Å². The first-order chi connectivity index (χ1) is 12.0. The van der Waals surface area contributed by atoms with Crippen molar-refractivity contribution in [2.75, 3.05) is 13.1 Å². The van der Waals surface area contributed by atoms with Gasteiger partial charge in [-0.1, -0.05) is 44.2 Å². The lowest BCUT2D eigenvalue weighted by Gasteiger charge is -2.31. The summed E-state index contributed by atoms with van der Waals surface area (Å²) in [5, 5.41) is 2.79. The summed E-state index contributed by atoms with van der Waals surface area (Å²) < 4.78 is 0. The van der Waals surface area contributed by atoms with E-state index in [0.29, 0.717) is 0 Å². The van der Waals surface area contributed by atoms with Crippen molar-refractivity contribution in [3.63, 3.8) is 0 Å². The normalized spacial score (nSPS) is 17.7.